The molecule has 0 aliphatic heterocycles. The fourth-order valence-corrected chi connectivity index (χ4v) is 2.45. The quantitative estimate of drug-likeness (QED) is 0.710. The molecule has 0 radical (unpaired) electrons. The Morgan fingerprint density at radius 3 is 2.38 bits per heavy atom. The van der Waals surface area contributed by atoms with E-state index >= 15 is 0 Å². The van der Waals surface area contributed by atoms with Crippen LogP contribution in [0, 0.1) is 11.6 Å². The smallest absolute Gasteiger partial charge is 0.159 e. The third kappa shape index (κ3) is 6.53. The minimum Gasteiger partial charge on any atom is -0.314 e. The van der Waals surface area contributed by atoms with Crippen molar-refractivity contribution in [1.29, 1.82) is 0 Å². The average molecular weight is 298 g/mol. The van der Waals surface area contributed by atoms with Crippen molar-refractivity contribution in [2.75, 3.05) is 26.2 Å². The molecule has 0 aliphatic rings. The van der Waals surface area contributed by atoms with Crippen molar-refractivity contribution in [2.24, 2.45) is 0 Å². The molecule has 4 heteroatoms. The van der Waals surface area contributed by atoms with Crippen LogP contribution in [0.4, 0.5) is 8.78 Å². The molecule has 1 unspecified atom stereocenters. The lowest BCUT2D eigenvalue weighted by Gasteiger charge is -2.24. The van der Waals surface area contributed by atoms with E-state index in [4.69, 9.17) is 0 Å². The van der Waals surface area contributed by atoms with Crippen LogP contribution in [0.15, 0.2) is 18.2 Å². The van der Waals surface area contributed by atoms with E-state index in [1.807, 2.05) is 0 Å². The molecule has 1 rings (SSSR count). The van der Waals surface area contributed by atoms with Gasteiger partial charge in [-0.1, -0.05) is 26.8 Å². The monoisotopic (exact) mass is 298 g/mol. The molecule has 0 aliphatic carbocycles. The topological polar surface area (TPSA) is 15.3 Å². The Hall–Kier alpha value is -1.00. The van der Waals surface area contributed by atoms with Gasteiger partial charge in [0.05, 0.1) is 0 Å². The maximum Gasteiger partial charge on any atom is 0.159 e. The molecule has 120 valence electrons. The van der Waals surface area contributed by atoms with Crippen molar-refractivity contribution in [2.45, 2.75) is 46.1 Å². The molecule has 0 bridgehead atoms. The largest absolute Gasteiger partial charge is 0.314 e. The van der Waals surface area contributed by atoms with E-state index in [9.17, 15) is 8.78 Å². The SMILES string of the molecule is CCCNC(CCN(CC)CC)Cc1ccc(F)c(F)c1. The lowest BCUT2D eigenvalue weighted by Crippen LogP contribution is -2.36. The zero-order chi connectivity index (χ0) is 15.7. The van der Waals surface area contributed by atoms with Gasteiger partial charge in [0.25, 0.3) is 0 Å². The standard InChI is InChI=1S/C17H28F2N2/c1-4-10-20-15(9-11-21(5-2)6-3)12-14-7-8-16(18)17(19)13-14/h7-8,13,15,20H,4-6,9-12H2,1-3H3. The second-order valence-corrected chi connectivity index (χ2v) is 5.42. The summed E-state index contributed by atoms with van der Waals surface area (Å²) >= 11 is 0. The van der Waals surface area contributed by atoms with Gasteiger partial charge < -0.3 is 10.2 Å². The second kappa shape index (κ2) is 9.85. The lowest BCUT2D eigenvalue weighted by atomic mass is 10.0. The number of hydrogen-bond donors (Lipinski definition) is 1. The number of hydrogen-bond acceptors (Lipinski definition) is 2. The number of benzene rings is 1. The molecule has 0 heterocycles. The highest BCUT2D eigenvalue weighted by Crippen LogP contribution is 2.12. The van der Waals surface area contributed by atoms with Gasteiger partial charge in [-0.25, -0.2) is 8.78 Å². The normalized spacial score (nSPS) is 12.9. The number of nitrogens with zero attached hydrogens (tertiary/aromatic N) is 1. The van der Waals surface area contributed by atoms with Gasteiger partial charge in [-0.3, -0.25) is 0 Å². The Balaban J connectivity index is 2.61. The Kier molecular flexibility index (Phi) is 8.47. The minimum atomic E-state index is -0.778. The Morgan fingerprint density at radius 1 is 1.10 bits per heavy atom. The molecule has 1 aromatic rings. The van der Waals surface area contributed by atoms with Crippen molar-refractivity contribution < 1.29 is 8.78 Å². The summed E-state index contributed by atoms with van der Waals surface area (Å²) < 4.78 is 26.3. The fourth-order valence-electron chi connectivity index (χ4n) is 2.45. The lowest BCUT2D eigenvalue weighted by molar-refractivity contribution is 0.280. The first kappa shape index (κ1) is 18.1. The average Bonchev–Trinajstić information content (AvgIpc) is 2.49. The predicted octanol–water partition coefficient (Wildman–Crippen LogP) is 3.61. The summed E-state index contributed by atoms with van der Waals surface area (Å²) in [5.41, 5.74) is 0.849. The van der Waals surface area contributed by atoms with Gasteiger partial charge in [0, 0.05) is 6.04 Å². The maximum absolute atomic E-state index is 13.3. The molecular weight excluding hydrogens is 270 g/mol. The highest BCUT2D eigenvalue weighted by Gasteiger charge is 2.12. The van der Waals surface area contributed by atoms with Gasteiger partial charge in [0.2, 0.25) is 0 Å². The van der Waals surface area contributed by atoms with Crippen LogP contribution >= 0.6 is 0 Å². The molecular formula is C17H28F2N2. The van der Waals surface area contributed by atoms with E-state index in [0.29, 0.717) is 6.04 Å². The van der Waals surface area contributed by atoms with Gasteiger partial charge >= 0.3 is 0 Å². The molecule has 0 spiro atoms. The van der Waals surface area contributed by atoms with Crippen LogP contribution in [0.25, 0.3) is 0 Å². The Bertz CT molecular complexity index is 406. The molecule has 0 fully saturated rings. The van der Waals surface area contributed by atoms with Crippen LogP contribution in [-0.2, 0) is 6.42 Å². The van der Waals surface area contributed by atoms with E-state index in [-0.39, 0.29) is 0 Å². The van der Waals surface area contributed by atoms with Crippen LogP contribution in [-0.4, -0.2) is 37.1 Å². The van der Waals surface area contributed by atoms with E-state index in [2.05, 4.69) is 31.0 Å². The maximum atomic E-state index is 13.3. The zero-order valence-electron chi connectivity index (χ0n) is 13.5. The Labute approximate surface area is 127 Å². The van der Waals surface area contributed by atoms with Crippen LogP contribution < -0.4 is 5.32 Å². The summed E-state index contributed by atoms with van der Waals surface area (Å²) in [5.74, 6) is -1.54. The fraction of sp³-hybridized carbons (Fsp3) is 0.647. The number of halogens is 2. The van der Waals surface area contributed by atoms with Crippen molar-refractivity contribution in [1.82, 2.24) is 10.2 Å². The summed E-state index contributed by atoms with van der Waals surface area (Å²) in [5, 5.41) is 3.51. The van der Waals surface area contributed by atoms with Gasteiger partial charge in [-0.2, -0.15) is 0 Å². The van der Waals surface area contributed by atoms with Crippen LogP contribution in [0.3, 0.4) is 0 Å². The molecule has 1 atom stereocenters. The summed E-state index contributed by atoms with van der Waals surface area (Å²) in [7, 11) is 0. The van der Waals surface area contributed by atoms with Crippen molar-refractivity contribution >= 4 is 0 Å². The van der Waals surface area contributed by atoms with Gasteiger partial charge in [0.15, 0.2) is 11.6 Å². The first-order valence-electron chi connectivity index (χ1n) is 8.00. The molecule has 0 aromatic heterocycles. The molecule has 0 saturated carbocycles. The first-order chi connectivity index (χ1) is 10.1. The van der Waals surface area contributed by atoms with Crippen molar-refractivity contribution in [3.05, 3.63) is 35.4 Å². The van der Waals surface area contributed by atoms with E-state index in [0.717, 1.165) is 51.0 Å². The third-order valence-electron chi connectivity index (χ3n) is 3.84. The zero-order valence-corrected chi connectivity index (χ0v) is 13.5. The van der Waals surface area contributed by atoms with Crippen molar-refractivity contribution in [3.8, 4) is 0 Å². The Morgan fingerprint density at radius 2 is 1.81 bits per heavy atom. The molecule has 0 saturated heterocycles. The first-order valence-corrected chi connectivity index (χ1v) is 8.00. The third-order valence-corrected chi connectivity index (χ3v) is 3.84. The van der Waals surface area contributed by atoms with Crippen LogP contribution in [0.5, 0.6) is 0 Å². The highest BCUT2D eigenvalue weighted by atomic mass is 19.2. The van der Waals surface area contributed by atoms with Crippen molar-refractivity contribution in [3.63, 3.8) is 0 Å². The molecule has 2 nitrogen and oxygen atoms in total. The molecule has 1 N–H and O–H groups in total. The molecule has 1 aromatic carbocycles. The summed E-state index contributed by atoms with van der Waals surface area (Å²) in [6, 6.07) is 4.51. The van der Waals surface area contributed by atoms with Gasteiger partial charge in [0.1, 0.15) is 0 Å². The summed E-state index contributed by atoms with van der Waals surface area (Å²) in [4.78, 5) is 2.38. The number of nitrogens with one attached hydrogen (secondary N) is 1. The summed E-state index contributed by atoms with van der Waals surface area (Å²) in [6.45, 7) is 10.5. The second-order valence-electron chi connectivity index (χ2n) is 5.42. The van der Waals surface area contributed by atoms with E-state index in [1.54, 1.807) is 6.07 Å². The predicted molar refractivity (Wildman–Crippen MR) is 84.5 cm³/mol. The van der Waals surface area contributed by atoms with Gasteiger partial charge in [-0.05, 0) is 63.1 Å². The minimum absolute atomic E-state index is 0.301. The van der Waals surface area contributed by atoms with E-state index < -0.39 is 11.6 Å². The van der Waals surface area contributed by atoms with Gasteiger partial charge in [-0.15, -0.1) is 0 Å². The van der Waals surface area contributed by atoms with Crippen LogP contribution in [0.1, 0.15) is 39.2 Å². The summed E-state index contributed by atoms with van der Waals surface area (Å²) in [6.07, 6.45) is 2.82. The van der Waals surface area contributed by atoms with Crippen LogP contribution in [0.2, 0.25) is 0 Å². The molecule has 21 heavy (non-hydrogen) atoms. The van der Waals surface area contributed by atoms with E-state index in [1.165, 1.54) is 12.1 Å². The number of rotatable bonds is 10. The highest BCUT2D eigenvalue weighted by molar-refractivity contribution is 5.18. The molecule has 0 amide bonds.